The van der Waals surface area contributed by atoms with Gasteiger partial charge in [-0.2, -0.15) is 0 Å². The molecule has 7 saturated heterocycles. The van der Waals surface area contributed by atoms with Crippen molar-refractivity contribution in [3.05, 3.63) is 29.8 Å². The van der Waals surface area contributed by atoms with Gasteiger partial charge in [-0.15, -0.1) is 0 Å². The first-order chi connectivity index (χ1) is 42.3. The van der Waals surface area contributed by atoms with Gasteiger partial charge in [0.25, 0.3) is 0 Å². The molecule has 510 valence electrons. The molecule has 0 radical (unpaired) electrons. The smallest absolute Gasteiger partial charge is 0.243 e. The van der Waals surface area contributed by atoms with Crippen molar-refractivity contribution in [2.75, 3.05) is 60.4 Å². The molecule has 0 aliphatic carbocycles. The number of methoxy groups -OCH3 is 2. The first-order valence-corrected chi connectivity index (χ1v) is 28.8. The molecule has 21 N–H and O–H groups in total. The van der Waals surface area contributed by atoms with Gasteiger partial charge < -0.3 is 169 Å². The van der Waals surface area contributed by atoms with E-state index in [-0.39, 0.29) is 24.2 Å². The summed E-state index contributed by atoms with van der Waals surface area (Å²) in [7, 11) is 2.30. The molecular formula is C53H85N3O33. The fraction of sp³-hybridized carbons (Fsp3) is 0.849. The summed E-state index contributed by atoms with van der Waals surface area (Å²) in [4.78, 5) is 24.7. The minimum Gasteiger partial charge on any atom is -0.462 e. The van der Waals surface area contributed by atoms with Gasteiger partial charge in [0, 0.05) is 25.7 Å². The molecule has 36 heteroatoms. The van der Waals surface area contributed by atoms with E-state index in [0.717, 1.165) is 12.7 Å². The van der Waals surface area contributed by atoms with E-state index in [1.54, 1.807) is 24.3 Å². The molecule has 1 aromatic rings. The summed E-state index contributed by atoms with van der Waals surface area (Å²) in [5, 5.41) is 191. The average Bonchev–Trinajstić information content (AvgIpc) is 1.44. The second-order valence-electron chi connectivity index (χ2n) is 23.2. The van der Waals surface area contributed by atoms with Crippen molar-refractivity contribution in [1.29, 1.82) is 0 Å². The highest BCUT2D eigenvalue weighted by Crippen LogP contribution is 2.39. The molecule has 36 nitrogen and oxygen atoms in total. The lowest BCUT2D eigenvalue weighted by molar-refractivity contribution is -0.396. The van der Waals surface area contributed by atoms with Gasteiger partial charge in [-0.1, -0.05) is 26.0 Å². The van der Waals surface area contributed by atoms with Gasteiger partial charge in [-0.3, -0.25) is 9.59 Å². The Kier molecular flexibility index (Phi) is 24.8. The zero-order chi connectivity index (χ0) is 65.1. The number of ether oxygens (including phenoxy) is 14. The fourth-order valence-electron chi connectivity index (χ4n) is 12.0. The van der Waals surface area contributed by atoms with Crippen molar-refractivity contribution < 1.29 is 163 Å². The van der Waals surface area contributed by atoms with E-state index in [0.29, 0.717) is 6.42 Å². The van der Waals surface area contributed by atoms with Crippen LogP contribution in [0.3, 0.4) is 0 Å². The van der Waals surface area contributed by atoms with Gasteiger partial charge in [0.2, 0.25) is 18.1 Å². The first kappa shape index (κ1) is 71.6. The lowest BCUT2D eigenvalue weighted by atomic mass is 9.78. The Balaban J connectivity index is 0.850. The molecular weight excluding hydrogens is 1210 g/mol. The minimum absolute atomic E-state index is 0.167. The number of amides is 2. The number of aliphatic hydroxyl groups is 17. The van der Waals surface area contributed by atoms with Crippen molar-refractivity contribution in [2.24, 2.45) is 11.1 Å². The van der Waals surface area contributed by atoms with Gasteiger partial charge in [0.15, 0.2) is 31.5 Å². The highest BCUT2D eigenvalue weighted by atomic mass is 16.8. The summed E-state index contributed by atoms with van der Waals surface area (Å²) in [6.07, 6.45) is -53.3. The van der Waals surface area contributed by atoms with Crippen LogP contribution in [0, 0.1) is 5.41 Å². The fourth-order valence-corrected chi connectivity index (χ4v) is 12.0. The van der Waals surface area contributed by atoms with Crippen LogP contribution in [0.4, 0.5) is 0 Å². The predicted molar refractivity (Wildman–Crippen MR) is 284 cm³/mol. The Morgan fingerprint density at radius 1 is 0.472 bits per heavy atom. The Hall–Kier alpha value is -3.28. The summed E-state index contributed by atoms with van der Waals surface area (Å²) >= 11 is 0. The molecule has 7 aliphatic heterocycles. The van der Waals surface area contributed by atoms with E-state index >= 15 is 0 Å². The maximum Gasteiger partial charge on any atom is 0.243 e. The van der Waals surface area contributed by atoms with Crippen LogP contribution in [0.15, 0.2) is 24.3 Å². The molecule has 32 atom stereocenters. The third-order valence-electron chi connectivity index (χ3n) is 17.2. The number of carbonyl (C=O) groups is 2. The van der Waals surface area contributed by atoms with Gasteiger partial charge in [-0.25, -0.2) is 0 Å². The molecule has 7 aliphatic rings. The zero-order valence-electron chi connectivity index (χ0n) is 48.7. The third-order valence-corrected chi connectivity index (χ3v) is 17.2. The van der Waals surface area contributed by atoms with Crippen molar-refractivity contribution in [3.8, 4) is 5.75 Å². The van der Waals surface area contributed by atoms with Crippen LogP contribution in [0.25, 0.3) is 0 Å². The molecule has 8 rings (SSSR count). The van der Waals surface area contributed by atoms with Crippen LogP contribution in [0.2, 0.25) is 0 Å². The van der Waals surface area contributed by atoms with E-state index in [1.165, 1.54) is 7.11 Å². The Bertz CT molecular complexity index is 2380. The molecule has 1 aromatic carbocycles. The normalized spacial score (nSPS) is 46.1. The van der Waals surface area contributed by atoms with E-state index < -0.39 is 241 Å². The monoisotopic (exact) mass is 1290 g/mol. The second-order valence-corrected chi connectivity index (χ2v) is 23.2. The van der Waals surface area contributed by atoms with Crippen molar-refractivity contribution in [3.63, 3.8) is 0 Å². The maximum absolute atomic E-state index is 12.8. The van der Waals surface area contributed by atoms with Crippen LogP contribution in [0.1, 0.15) is 19.4 Å². The average molecular weight is 1290 g/mol. The molecule has 2 amide bonds. The third kappa shape index (κ3) is 15.0. The summed E-state index contributed by atoms with van der Waals surface area (Å²) in [6.45, 7) is -2.06. The molecule has 32 unspecified atom stereocenters. The molecule has 89 heavy (non-hydrogen) atoms. The van der Waals surface area contributed by atoms with Crippen molar-refractivity contribution >= 4 is 11.8 Å². The number of aliphatic hydroxyl groups excluding tert-OH is 17. The lowest BCUT2D eigenvalue weighted by Crippen LogP contribution is -2.68. The number of hydrogen-bond acceptors (Lipinski definition) is 34. The largest absolute Gasteiger partial charge is 0.462 e. The van der Waals surface area contributed by atoms with E-state index in [4.69, 9.17) is 72.0 Å². The zero-order valence-corrected chi connectivity index (χ0v) is 48.7. The molecule has 0 saturated carbocycles. The highest BCUT2D eigenvalue weighted by Gasteiger charge is 2.58. The topological polar surface area (TPSA) is 557 Å². The number of benzene rings is 1. The molecule has 0 spiro atoms. The quantitative estimate of drug-likeness (QED) is 0.0457. The van der Waals surface area contributed by atoms with Gasteiger partial charge >= 0.3 is 0 Å². The Labute approximate surface area is 507 Å². The van der Waals surface area contributed by atoms with Crippen LogP contribution in [-0.2, 0) is 77.6 Å². The molecule has 0 aromatic heterocycles. The van der Waals surface area contributed by atoms with Gasteiger partial charge in [0.1, 0.15) is 158 Å². The van der Waals surface area contributed by atoms with E-state index in [2.05, 4.69) is 10.6 Å². The second kappa shape index (κ2) is 30.9. The summed E-state index contributed by atoms with van der Waals surface area (Å²) in [5.74, 6) is -0.668. The summed E-state index contributed by atoms with van der Waals surface area (Å²) in [6, 6.07) is 5.28. The molecule has 7 fully saturated rings. The number of hydrogen-bond donors (Lipinski definition) is 20. The number of carbonyl (C=O) groups excluding carboxylic acids is 2. The highest BCUT2D eigenvalue weighted by molar-refractivity contribution is 5.91. The van der Waals surface area contributed by atoms with Crippen molar-refractivity contribution in [1.82, 2.24) is 10.6 Å². The van der Waals surface area contributed by atoms with Gasteiger partial charge in [0.05, 0.1) is 46.2 Å². The number of nitrogens with one attached hydrogen (secondary N) is 2. The van der Waals surface area contributed by atoms with E-state index in [9.17, 15) is 96.4 Å². The number of nitrogens with two attached hydrogens (primary N) is 1. The predicted octanol–water partition coefficient (Wildman–Crippen LogP) is -12.2. The summed E-state index contributed by atoms with van der Waals surface area (Å²) < 4.78 is 79.9. The lowest BCUT2D eigenvalue weighted by Gasteiger charge is -2.50. The van der Waals surface area contributed by atoms with Crippen LogP contribution in [0.5, 0.6) is 5.75 Å². The standard InChI is InChI=1S/C53H85N3O33/c1-53(2)25(55-46(75)45(53)56-26(63)10-54)9-17-5-7-18(8-6-17)78-47-33(70)28(65)42(23(15-61)80-47)89-52-44(77-4)37(74)43(24(16-62)84-52)88-51-36(73)31(68)41(22(14-60)83-51)87-50-35(72)30(67)40(21(13-59)82-50)86-49-34(71)29(66)39(20(12-58)81-49)85-48-32(69)27(64)38(76-3)19(11-57)79-48/h5-8,19-25,27-45,47-52,57-62,64-74H,9-16,54H2,1-4H3,(H,55,75)(H,56,63). The number of rotatable bonds is 24. The van der Waals surface area contributed by atoms with Crippen LogP contribution >= 0.6 is 0 Å². The minimum atomic E-state index is -2.18. The first-order valence-electron chi connectivity index (χ1n) is 28.8. The van der Waals surface area contributed by atoms with Crippen molar-refractivity contribution in [2.45, 2.75) is 217 Å². The SMILES string of the molecule is COC1C(CO)OC(OC2C(CO)OC(OC3C(CO)OC(OC4C(CO)OC(OC5C(CO)OC(OC6C(CO)OC(Oc7ccc(CC8NC(=O)C(NC(=O)CN)C8(C)C)cc7)C(O)C6O)C(OC)C5O)C(O)C4O)C(O)C3O)C(O)C2O)C(O)C1O. The molecule has 7 heterocycles. The maximum atomic E-state index is 12.8. The Morgan fingerprint density at radius 3 is 1.15 bits per heavy atom. The van der Waals surface area contributed by atoms with Crippen LogP contribution < -0.4 is 21.1 Å². The van der Waals surface area contributed by atoms with E-state index in [1.807, 2.05) is 13.8 Å². The molecule has 0 bridgehead atoms. The summed E-state index contributed by atoms with van der Waals surface area (Å²) in [5.41, 5.74) is 5.50. The Morgan fingerprint density at radius 2 is 0.787 bits per heavy atom. The van der Waals surface area contributed by atoms with Gasteiger partial charge in [-0.05, 0) is 24.1 Å². The van der Waals surface area contributed by atoms with Crippen LogP contribution in [-0.4, -0.2) is 355 Å².